The first kappa shape index (κ1) is 47.7. The van der Waals surface area contributed by atoms with Crippen molar-refractivity contribution >= 4 is 69.1 Å². The van der Waals surface area contributed by atoms with Crippen molar-refractivity contribution in [3.63, 3.8) is 0 Å². The van der Waals surface area contributed by atoms with Crippen LogP contribution in [0.3, 0.4) is 0 Å². The second-order valence-electron chi connectivity index (χ2n) is 12.8. The highest BCUT2D eigenvalue weighted by Crippen LogP contribution is 2.61. The highest BCUT2D eigenvalue weighted by molar-refractivity contribution is 8.14. The molecule has 2 amide bonds. The fourth-order valence-corrected chi connectivity index (χ4v) is 8.26. The van der Waals surface area contributed by atoms with Crippen LogP contribution in [-0.2, 0) is 50.7 Å². The van der Waals surface area contributed by atoms with Crippen molar-refractivity contribution < 1.29 is 80.5 Å². The minimum Gasteiger partial charge on any atom is -0.386 e. The average Bonchev–Trinajstić information content (AvgIpc) is 3.66. The summed E-state index contributed by atoms with van der Waals surface area (Å²) in [5.41, 5.74) is 4.26. The van der Waals surface area contributed by atoms with Crippen LogP contribution in [0.2, 0.25) is 0 Å². The van der Waals surface area contributed by atoms with E-state index in [-0.39, 0.29) is 41.6 Å². The molecule has 1 aliphatic heterocycles. The highest BCUT2D eigenvalue weighted by Gasteiger charge is 2.50. The Hall–Kier alpha value is -2.70. The number of aliphatic hydroxyl groups excluding tert-OH is 2. The van der Waals surface area contributed by atoms with E-state index in [0.717, 1.165) is 48.2 Å². The van der Waals surface area contributed by atoms with Gasteiger partial charge in [0, 0.05) is 30.7 Å². The lowest BCUT2D eigenvalue weighted by molar-refractivity contribution is -0.137. The van der Waals surface area contributed by atoms with Crippen molar-refractivity contribution in [3.05, 3.63) is 24.8 Å². The molecule has 0 aliphatic carbocycles. The van der Waals surface area contributed by atoms with Crippen LogP contribution in [0.5, 0.6) is 0 Å². The second-order valence-corrected chi connectivity index (χ2v) is 18.1. The molecular formula is C28H46N7O17P3S. The molecule has 0 spiro atoms. The Balaban J connectivity index is 1.48. The van der Waals surface area contributed by atoms with Gasteiger partial charge >= 0.3 is 23.5 Å². The number of hydrogen-bond acceptors (Lipinski definition) is 18. The van der Waals surface area contributed by atoms with Crippen LogP contribution in [0, 0.1) is 5.41 Å². The standard InChI is InChI=1S/C28H46N7O17P3S/c1-4-5-6-7-8-19(37)56-12-11-30-18(36)9-10-31-26(40)23(39)28(2,3)14-49-55(46,47)52-54(44,45)48-13-17-22(51-53(41,42)43)21(38)27(50-17)35-16-34-20-24(29)32-15-33-25(20)35/h7-8,15-17,21-23,27,38-39H,4-6,9-14H2,1-3H3,(H,30,36)(H,31,40)(H,44,45)(H,46,47)(H2,29,32,33)(H2,41,42,43)/t17-,21-,22-,23+,27-/m1/s1. The number of allylic oxidation sites excluding steroid dienone is 1. The van der Waals surface area contributed by atoms with Gasteiger partial charge in [0.15, 0.2) is 17.7 Å². The van der Waals surface area contributed by atoms with Crippen LogP contribution in [0.25, 0.3) is 11.2 Å². The molecule has 7 atom stereocenters. The molecule has 0 bridgehead atoms. The molecule has 56 heavy (non-hydrogen) atoms. The molecular weight excluding hydrogens is 831 g/mol. The number of hydrogen-bond donors (Lipinski definition) is 9. The molecule has 2 aromatic heterocycles. The minimum atomic E-state index is -5.57. The van der Waals surface area contributed by atoms with Crippen molar-refractivity contribution in [3.8, 4) is 0 Å². The molecule has 1 fully saturated rings. The van der Waals surface area contributed by atoms with Gasteiger partial charge in [-0.15, -0.1) is 0 Å². The van der Waals surface area contributed by atoms with Crippen LogP contribution in [0.15, 0.2) is 24.8 Å². The summed E-state index contributed by atoms with van der Waals surface area (Å²) in [6.07, 6.45) is -0.810. The van der Waals surface area contributed by atoms with Crippen molar-refractivity contribution in [2.45, 2.75) is 77.1 Å². The van der Waals surface area contributed by atoms with Crippen molar-refractivity contribution in [1.82, 2.24) is 30.2 Å². The van der Waals surface area contributed by atoms with Gasteiger partial charge in [-0.05, 0) is 12.5 Å². The number of carbonyl (C=O) groups excluding carboxylic acids is 3. The number of nitrogens with one attached hydrogen (secondary N) is 2. The highest BCUT2D eigenvalue weighted by atomic mass is 32.2. The van der Waals surface area contributed by atoms with E-state index in [9.17, 15) is 57.9 Å². The molecule has 1 saturated heterocycles. The maximum Gasteiger partial charge on any atom is 0.481 e. The molecule has 0 saturated carbocycles. The van der Waals surface area contributed by atoms with Crippen LogP contribution in [-0.4, -0.2) is 123 Å². The summed E-state index contributed by atoms with van der Waals surface area (Å²) in [6.45, 7) is 2.54. The number of ether oxygens (including phenoxy) is 1. The lowest BCUT2D eigenvalue weighted by Gasteiger charge is -2.30. The van der Waals surface area contributed by atoms with Crippen LogP contribution in [0.1, 0.15) is 52.7 Å². The van der Waals surface area contributed by atoms with Crippen molar-refractivity contribution in [2.24, 2.45) is 5.41 Å². The van der Waals surface area contributed by atoms with Gasteiger partial charge in [-0.2, -0.15) is 4.31 Å². The Morgan fingerprint density at radius 1 is 1.09 bits per heavy atom. The number of nitrogen functional groups attached to an aromatic ring is 1. The summed E-state index contributed by atoms with van der Waals surface area (Å²) < 4.78 is 62.1. The van der Waals surface area contributed by atoms with Crippen LogP contribution >= 0.6 is 35.2 Å². The number of amides is 2. The summed E-state index contributed by atoms with van der Waals surface area (Å²) in [5, 5.41) is 26.2. The number of phosphoric ester groups is 3. The number of unbranched alkanes of at least 4 members (excludes halogenated alkanes) is 2. The van der Waals surface area contributed by atoms with E-state index in [1.165, 1.54) is 19.9 Å². The number of aromatic nitrogens is 4. The third-order valence-electron chi connectivity index (χ3n) is 7.72. The third kappa shape index (κ3) is 14.9. The number of imidazole rings is 1. The van der Waals surface area contributed by atoms with Gasteiger partial charge in [0.05, 0.1) is 19.5 Å². The molecule has 3 heterocycles. The van der Waals surface area contributed by atoms with Gasteiger partial charge in [0.2, 0.25) is 16.9 Å². The zero-order valence-electron chi connectivity index (χ0n) is 30.4. The number of aliphatic hydroxyl groups is 2. The van der Waals surface area contributed by atoms with E-state index in [1.54, 1.807) is 6.08 Å². The smallest absolute Gasteiger partial charge is 0.386 e. The third-order valence-corrected chi connectivity index (χ3v) is 11.7. The number of carbonyl (C=O) groups is 3. The lowest BCUT2D eigenvalue weighted by Crippen LogP contribution is -2.46. The van der Waals surface area contributed by atoms with Crippen molar-refractivity contribution in [2.75, 3.05) is 37.8 Å². The quantitative estimate of drug-likeness (QED) is 0.0415. The molecule has 3 rings (SSSR count). The molecule has 0 radical (unpaired) electrons. The molecule has 2 unspecified atom stereocenters. The van der Waals surface area contributed by atoms with Gasteiger partial charge < -0.3 is 50.9 Å². The Kier molecular flexibility index (Phi) is 17.7. The molecule has 24 nitrogen and oxygen atoms in total. The molecule has 0 aromatic carbocycles. The SMILES string of the molecule is CCCCC=CC(=O)SCCNC(=O)CCNC(=O)[C@H](O)C(C)(C)COP(=O)(O)OP(=O)(O)OC[C@H]1O[C@@H](n2cnc3c(N)ncnc32)[C@H](O)[C@@H]1OP(=O)(O)O. The number of nitrogens with two attached hydrogens (primary N) is 1. The topological polar surface area (TPSA) is 364 Å². The Morgan fingerprint density at radius 3 is 2.46 bits per heavy atom. The van der Waals surface area contributed by atoms with Gasteiger partial charge in [-0.25, -0.2) is 28.6 Å². The molecule has 2 aromatic rings. The number of thioether (sulfide) groups is 1. The number of anilines is 1. The van der Waals surface area contributed by atoms with E-state index in [4.69, 9.17) is 19.5 Å². The number of nitrogens with zero attached hydrogens (tertiary/aromatic N) is 4. The number of rotatable bonds is 23. The van der Waals surface area contributed by atoms with Crippen LogP contribution < -0.4 is 16.4 Å². The minimum absolute atomic E-state index is 0.0308. The van der Waals surface area contributed by atoms with E-state index in [0.29, 0.717) is 5.75 Å². The van der Waals surface area contributed by atoms with Gasteiger partial charge in [0.1, 0.15) is 36.3 Å². The van der Waals surface area contributed by atoms with Gasteiger partial charge in [-0.1, -0.05) is 51.5 Å². The van der Waals surface area contributed by atoms with E-state index in [1.807, 2.05) is 6.92 Å². The fraction of sp³-hybridized carbons (Fsp3) is 0.643. The molecule has 1 aliphatic rings. The first-order valence-corrected chi connectivity index (χ1v) is 22.3. The summed E-state index contributed by atoms with van der Waals surface area (Å²) in [7, 11) is -16.4. The Labute approximate surface area is 324 Å². The largest absolute Gasteiger partial charge is 0.481 e. The first-order valence-electron chi connectivity index (χ1n) is 16.8. The predicted octanol–water partition coefficient (Wildman–Crippen LogP) is 0.411. The fourth-order valence-electron chi connectivity index (χ4n) is 4.83. The zero-order chi connectivity index (χ0) is 41.9. The first-order chi connectivity index (χ1) is 26.1. The summed E-state index contributed by atoms with van der Waals surface area (Å²) in [5.74, 6) is -1.11. The summed E-state index contributed by atoms with van der Waals surface area (Å²) in [4.78, 5) is 87.3. The molecule has 316 valence electrons. The Morgan fingerprint density at radius 2 is 1.79 bits per heavy atom. The summed E-state index contributed by atoms with van der Waals surface area (Å²) >= 11 is 1.04. The molecule has 28 heteroatoms. The van der Waals surface area contributed by atoms with E-state index in [2.05, 4.69) is 34.4 Å². The van der Waals surface area contributed by atoms with E-state index >= 15 is 0 Å². The number of fused-ring (bicyclic) bond motifs is 1. The predicted molar refractivity (Wildman–Crippen MR) is 196 cm³/mol. The maximum absolute atomic E-state index is 12.7. The average molecular weight is 878 g/mol. The maximum atomic E-state index is 12.7. The monoisotopic (exact) mass is 877 g/mol. The van der Waals surface area contributed by atoms with Gasteiger partial charge in [0.25, 0.3) is 0 Å². The zero-order valence-corrected chi connectivity index (χ0v) is 33.8. The van der Waals surface area contributed by atoms with Gasteiger partial charge in [-0.3, -0.25) is 32.5 Å². The second kappa shape index (κ2) is 20.8. The lowest BCUT2D eigenvalue weighted by atomic mass is 9.87. The van der Waals surface area contributed by atoms with E-state index < -0.39 is 84.6 Å². The van der Waals surface area contributed by atoms with Crippen molar-refractivity contribution in [1.29, 1.82) is 0 Å². The molecule has 10 N–H and O–H groups in total. The Bertz CT molecular complexity index is 1850. The number of phosphoric acid groups is 3. The summed E-state index contributed by atoms with van der Waals surface area (Å²) in [6, 6.07) is 0. The normalized spacial score (nSPS) is 21.8. The van der Waals surface area contributed by atoms with Crippen LogP contribution in [0.4, 0.5) is 5.82 Å².